The lowest BCUT2D eigenvalue weighted by atomic mass is 10.0. The van der Waals surface area contributed by atoms with Gasteiger partial charge in [-0.15, -0.1) is 0 Å². The van der Waals surface area contributed by atoms with E-state index in [1.165, 1.54) is 5.56 Å². The number of alkyl halides is 1. The molecule has 0 aliphatic carbocycles. The van der Waals surface area contributed by atoms with Crippen LogP contribution in [0.1, 0.15) is 18.4 Å². The highest BCUT2D eigenvalue weighted by Gasteiger charge is 2.02. The standard InChI is InChI=1S/C10H13IO/c1-8(7-11)9-3-5-10(12-2)6-4-9/h3-6,8H,7H2,1-2H3/t8-/m1/s1. The summed E-state index contributed by atoms with van der Waals surface area (Å²) in [6, 6.07) is 8.28. The average molecular weight is 276 g/mol. The molecule has 1 nitrogen and oxygen atoms in total. The Bertz CT molecular complexity index is 230. The second kappa shape index (κ2) is 4.70. The molecule has 12 heavy (non-hydrogen) atoms. The van der Waals surface area contributed by atoms with Crippen LogP contribution in [0.25, 0.3) is 0 Å². The first-order valence-corrected chi connectivity index (χ1v) is 5.50. The quantitative estimate of drug-likeness (QED) is 0.608. The molecule has 0 aromatic heterocycles. The van der Waals surface area contributed by atoms with E-state index in [4.69, 9.17) is 4.74 Å². The maximum atomic E-state index is 5.08. The van der Waals surface area contributed by atoms with Gasteiger partial charge in [0, 0.05) is 4.43 Å². The molecular weight excluding hydrogens is 263 g/mol. The van der Waals surface area contributed by atoms with Crippen molar-refractivity contribution in [3.05, 3.63) is 29.8 Å². The van der Waals surface area contributed by atoms with Crippen LogP contribution in [0, 0.1) is 0 Å². The Morgan fingerprint density at radius 2 is 1.92 bits per heavy atom. The third-order valence-electron chi connectivity index (χ3n) is 1.92. The molecule has 1 aromatic carbocycles. The molecule has 0 heterocycles. The fourth-order valence-electron chi connectivity index (χ4n) is 1.02. The summed E-state index contributed by atoms with van der Waals surface area (Å²) < 4.78 is 6.24. The average Bonchev–Trinajstić information content (AvgIpc) is 2.17. The van der Waals surface area contributed by atoms with E-state index in [-0.39, 0.29) is 0 Å². The summed E-state index contributed by atoms with van der Waals surface area (Å²) in [5.74, 6) is 1.57. The summed E-state index contributed by atoms with van der Waals surface area (Å²) in [5, 5.41) is 0. The van der Waals surface area contributed by atoms with Crippen LogP contribution < -0.4 is 4.74 Å². The molecule has 0 saturated carbocycles. The van der Waals surface area contributed by atoms with E-state index >= 15 is 0 Å². The van der Waals surface area contributed by atoms with E-state index in [1.807, 2.05) is 12.1 Å². The molecule has 0 aliphatic heterocycles. The highest BCUT2D eigenvalue weighted by atomic mass is 127. The Labute approximate surface area is 87.3 Å². The SMILES string of the molecule is COc1ccc([C@H](C)CI)cc1. The van der Waals surface area contributed by atoms with Crippen LogP contribution in [-0.2, 0) is 0 Å². The summed E-state index contributed by atoms with van der Waals surface area (Å²) >= 11 is 2.40. The Hall–Kier alpha value is -0.250. The number of halogens is 1. The lowest BCUT2D eigenvalue weighted by Gasteiger charge is -2.08. The van der Waals surface area contributed by atoms with Gasteiger partial charge < -0.3 is 4.74 Å². The first-order chi connectivity index (χ1) is 5.77. The zero-order chi connectivity index (χ0) is 8.97. The molecule has 1 aromatic rings. The van der Waals surface area contributed by atoms with Crippen LogP contribution in [0.2, 0.25) is 0 Å². The van der Waals surface area contributed by atoms with Gasteiger partial charge in [-0.05, 0) is 23.6 Å². The summed E-state index contributed by atoms with van der Waals surface area (Å²) in [7, 11) is 1.69. The van der Waals surface area contributed by atoms with Crippen LogP contribution in [0.3, 0.4) is 0 Å². The minimum atomic E-state index is 0.636. The highest BCUT2D eigenvalue weighted by Crippen LogP contribution is 2.20. The first kappa shape index (κ1) is 9.84. The fraction of sp³-hybridized carbons (Fsp3) is 0.400. The molecule has 0 amide bonds. The van der Waals surface area contributed by atoms with Gasteiger partial charge in [-0.25, -0.2) is 0 Å². The van der Waals surface area contributed by atoms with Crippen molar-refractivity contribution < 1.29 is 4.74 Å². The molecule has 0 aliphatic rings. The number of hydrogen-bond acceptors (Lipinski definition) is 1. The number of benzene rings is 1. The number of rotatable bonds is 3. The Balaban J connectivity index is 2.77. The van der Waals surface area contributed by atoms with Gasteiger partial charge in [0.2, 0.25) is 0 Å². The molecule has 0 saturated heterocycles. The molecule has 0 unspecified atom stereocenters. The molecule has 0 fully saturated rings. The topological polar surface area (TPSA) is 9.23 Å². The summed E-state index contributed by atoms with van der Waals surface area (Å²) in [6.45, 7) is 2.23. The van der Waals surface area contributed by atoms with E-state index in [0.717, 1.165) is 10.2 Å². The van der Waals surface area contributed by atoms with Gasteiger partial charge in [-0.1, -0.05) is 41.6 Å². The van der Waals surface area contributed by atoms with Crippen molar-refractivity contribution in [2.45, 2.75) is 12.8 Å². The number of ether oxygens (including phenoxy) is 1. The van der Waals surface area contributed by atoms with Crippen LogP contribution in [0.15, 0.2) is 24.3 Å². The second-order valence-electron chi connectivity index (χ2n) is 2.83. The predicted molar refractivity (Wildman–Crippen MR) is 60.3 cm³/mol. The van der Waals surface area contributed by atoms with Crippen LogP contribution >= 0.6 is 22.6 Å². The van der Waals surface area contributed by atoms with Crippen molar-refractivity contribution in [3.8, 4) is 5.75 Å². The Morgan fingerprint density at radius 1 is 1.33 bits per heavy atom. The van der Waals surface area contributed by atoms with Gasteiger partial charge >= 0.3 is 0 Å². The number of methoxy groups -OCH3 is 1. The molecule has 66 valence electrons. The monoisotopic (exact) mass is 276 g/mol. The zero-order valence-electron chi connectivity index (χ0n) is 7.38. The second-order valence-corrected chi connectivity index (χ2v) is 3.71. The first-order valence-electron chi connectivity index (χ1n) is 3.98. The maximum absolute atomic E-state index is 5.08. The van der Waals surface area contributed by atoms with Crippen molar-refractivity contribution in [2.75, 3.05) is 11.5 Å². The Morgan fingerprint density at radius 3 is 2.33 bits per heavy atom. The van der Waals surface area contributed by atoms with E-state index < -0.39 is 0 Å². The molecular formula is C10H13IO. The van der Waals surface area contributed by atoms with Crippen molar-refractivity contribution in [1.29, 1.82) is 0 Å². The van der Waals surface area contributed by atoms with E-state index in [0.29, 0.717) is 5.92 Å². The predicted octanol–water partition coefficient (Wildman–Crippen LogP) is 3.23. The molecule has 0 radical (unpaired) electrons. The zero-order valence-corrected chi connectivity index (χ0v) is 9.54. The van der Waals surface area contributed by atoms with Crippen LogP contribution in [-0.4, -0.2) is 11.5 Å². The molecule has 0 bridgehead atoms. The molecule has 1 atom stereocenters. The normalized spacial score (nSPS) is 12.6. The fourth-order valence-corrected chi connectivity index (χ4v) is 1.53. The smallest absolute Gasteiger partial charge is 0.118 e. The molecule has 0 N–H and O–H groups in total. The third kappa shape index (κ3) is 2.37. The molecule has 1 rings (SSSR count). The van der Waals surface area contributed by atoms with E-state index in [2.05, 4.69) is 41.6 Å². The summed E-state index contributed by atoms with van der Waals surface area (Å²) in [4.78, 5) is 0. The Kier molecular flexibility index (Phi) is 3.85. The van der Waals surface area contributed by atoms with Crippen molar-refractivity contribution in [1.82, 2.24) is 0 Å². The minimum absolute atomic E-state index is 0.636. The highest BCUT2D eigenvalue weighted by molar-refractivity contribution is 14.1. The van der Waals surface area contributed by atoms with Gasteiger partial charge in [0.25, 0.3) is 0 Å². The van der Waals surface area contributed by atoms with Gasteiger partial charge in [0.05, 0.1) is 7.11 Å². The van der Waals surface area contributed by atoms with Gasteiger partial charge in [0.1, 0.15) is 5.75 Å². The van der Waals surface area contributed by atoms with Crippen LogP contribution in [0.4, 0.5) is 0 Å². The van der Waals surface area contributed by atoms with Gasteiger partial charge in [0.15, 0.2) is 0 Å². The van der Waals surface area contributed by atoms with E-state index in [9.17, 15) is 0 Å². The maximum Gasteiger partial charge on any atom is 0.118 e. The van der Waals surface area contributed by atoms with Gasteiger partial charge in [-0.2, -0.15) is 0 Å². The van der Waals surface area contributed by atoms with Crippen molar-refractivity contribution in [2.24, 2.45) is 0 Å². The van der Waals surface area contributed by atoms with Crippen LogP contribution in [0.5, 0.6) is 5.75 Å². The lowest BCUT2D eigenvalue weighted by Crippen LogP contribution is -1.93. The van der Waals surface area contributed by atoms with Crippen molar-refractivity contribution >= 4 is 22.6 Å². The largest absolute Gasteiger partial charge is 0.497 e. The third-order valence-corrected chi connectivity index (χ3v) is 3.24. The molecule has 2 heteroatoms. The van der Waals surface area contributed by atoms with Crippen molar-refractivity contribution in [3.63, 3.8) is 0 Å². The lowest BCUT2D eigenvalue weighted by molar-refractivity contribution is 0.414. The van der Waals surface area contributed by atoms with Gasteiger partial charge in [-0.3, -0.25) is 0 Å². The summed E-state index contributed by atoms with van der Waals surface area (Å²) in [6.07, 6.45) is 0. The number of hydrogen-bond donors (Lipinski definition) is 0. The molecule has 0 spiro atoms. The minimum Gasteiger partial charge on any atom is -0.497 e. The summed E-state index contributed by atoms with van der Waals surface area (Å²) in [5.41, 5.74) is 1.38. The van der Waals surface area contributed by atoms with E-state index in [1.54, 1.807) is 7.11 Å².